The van der Waals surface area contributed by atoms with Crippen LogP contribution in [-0.4, -0.2) is 45.8 Å². The Morgan fingerprint density at radius 2 is 1.45 bits per heavy atom. The molecule has 0 aliphatic heterocycles. The third-order valence-electron chi connectivity index (χ3n) is 4.48. The second kappa shape index (κ2) is 11.6. The first-order valence-corrected chi connectivity index (χ1v) is 11.4. The molecule has 158 valence electrons. The SMILES string of the molecule is CO[Si](CCCCCOC(=O)c1ccc(O)cc1)(OC)OCc1ccc(O)cc1. The summed E-state index contributed by atoms with van der Waals surface area (Å²) in [4.78, 5) is 11.9. The normalized spacial score (nSPS) is 11.4. The molecule has 2 aromatic rings. The molecule has 0 fully saturated rings. The van der Waals surface area contributed by atoms with Crippen LogP contribution < -0.4 is 0 Å². The number of carbonyl (C=O) groups excluding carboxylic acids is 1. The Kier molecular flexibility index (Phi) is 9.13. The van der Waals surface area contributed by atoms with Crippen LogP contribution in [0.5, 0.6) is 11.5 Å². The minimum Gasteiger partial charge on any atom is -0.508 e. The van der Waals surface area contributed by atoms with Gasteiger partial charge in [0.1, 0.15) is 11.5 Å². The van der Waals surface area contributed by atoms with Gasteiger partial charge in [0, 0.05) is 20.3 Å². The van der Waals surface area contributed by atoms with Gasteiger partial charge in [-0.1, -0.05) is 18.6 Å². The predicted octanol–water partition coefficient (Wildman–Crippen LogP) is 3.87. The zero-order chi connectivity index (χ0) is 21.1. The molecular formula is C21H28O7Si. The van der Waals surface area contributed by atoms with Gasteiger partial charge in [0.2, 0.25) is 0 Å². The minimum absolute atomic E-state index is 0.109. The maximum absolute atomic E-state index is 11.9. The molecule has 8 heteroatoms. The lowest BCUT2D eigenvalue weighted by Crippen LogP contribution is -2.43. The quantitative estimate of drug-likeness (QED) is 0.306. The predicted molar refractivity (Wildman–Crippen MR) is 110 cm³/mol. The van der Waals surface area contributed by atoms with Crippen LogP contribution in [0.3, 0.4) is 0 Å². The highest BCUT2D eigenvalue weighted by Crippen LogP contribution is 2.21. The third kappa shape index (κ3) is 7.50. The summed E-state index contributed by atoms with van der Waals surface area (Å²) in [5.41, 5.74) is 1.34. The lowest BCUT2D eigenvalue weighted by molar-refractivity contribution is 0.0496. The van der Waals surface area contributed by atoms with Gasteiger partial charge in [0.25, 0.3) is 0 Å². The van der Waals surface area contributed by atoms with E-state index < -0.39 is 14.8 Å². The minimum atomic E-state index is -2.77. The number of hydrogen-bond acceptors (Lipinski definition) is 7. The van der Waals surface area contributed by atoms with Crippen molar-refractivity contribution in [2.24, 2.45) is 0 Å². The molecule has 0 unspecified atom stereocenters. The fourth-order valence-electron chi connectivity index (χ4n) is 2.73. The van der Waals surface area contributed by atoms with Crippen molar-refractivity contribution < 1.29 is 33.0 Å². The molecule has 0 atom stereocenters. The van der Waals surface area contributed by atoms with Gasteiger partial charge < -0.3 is 28.2 Å². The molecule has 0 saturated carbocycles. The highest BCUT2D eigenvalue weighted by Gasteiger charge is 2.38. The number of ether oxygens (including phenoxy) is 1. The summed E-state index contributed by atoms with van der Waals surface area (Å²) in [5, 5.41) is 18.6. The molecular weight excluding hydrogens is 392 g/mol. The number of phenolic OH excluding ortho intramolecular Hbond substituents is 2. The van der Waals surface area contributed by atoms with E-state index in [1.54, 1.807) is 38.5 Å². The smallest absolute Gasteiger partial charge is 0.500 e. The highest BCUT2D eigenvalue weighted by atomic mass is 28.4. The number of benzene rings is 2. The number of phenols is 2. The molecule has 0 aliphatic rings. The van der Waals surface area contributed by atoms with Gasteiger partial charge in [0.15, 0.2) is 0 Å². The van der Waals surface area contributed by atoms with Crippen molar-refractivity contribution in [1.82, 2.24) is 0 Å². The maximum Gasteiger partial charge on any atom is 0.500 e. The van der Waals surface area contributed by atoms with Gasteiger partial charge in [0.05, 0.1) is 18.8 Å². The maximum atomic E-state index is 11.9. The number of carbonyl (C=O) groups is 1. The van der Waals surface area contributed by atoms with Crippen molar-refractivity contribution in [1.29, 1.82) is 0 Å². The standard InChI is InChI=1S/C21H28O7Si/c1-25-29(26-2,28-16-17-6-10-19(22)11-7-17)15-5-3-4-14-27-21(24)18-8-12-20(23)13-9-18/h6-13,22-23H,3-5,14-16H2,1-2H3. The topological polar surface area (TPSA) is 94.5 Å². The molecule has 0 heterocycles. The number of hydrogen-bond donors (Lipinski definition) is 2. The summed E-state index contributed by atoms with van der Waals surface area (Å²) in [6.45, 7) is 0.668. The van der Waals surface area contributed by atoms with Crippen LogP contribution in [0.4, 0.5) is 0 Å². The molecule has 2 aromatic carbocycles. The molecule has 0 bridgehead atoms. The van der Waals surface area contributed by atoms with Crippen LogP contribution in [0.15, 0.2) is 48.5 Å². The molecule has 0 aliphatic carbocycles. The molecule has 29 heavy (non-hydrogen) atoms. The van der Waals surface area contributed by atoms with Gasteiger partial charge in [-0.15, -0.1) is 0 Å². The van der Waals surface area contributed by atoms with Crippen LogP contribution in [0, 0.1) is 0 Å². The van der Waals surface area contributed by atoms with Crippen molar-refractivity contribution in [2.45, 2.75) is 31.9 Å². The zero-order valence-corrected chi connectivity index (χ0v) is 17.8. The van der Waals surface area contributed by atoms with E-state index >= 15 is 0 Å². The van der Waals surface area contributed by atoms with Gasteiger partial charge in [-0.3, -0.25) is 0 Å². The van der Waals surface area contributed by atoms with E-state index in [-0.39, 0.29) is 11.5 Å². The number of unbranched alkanes of at least 4 members (excludes halogenated alkanes) is 2. The van der Waals surface area contributed by atoms with E-state index in [4.69, 9.17) is 18.0 Å². The fraction of sp³-hybridized carbons (Fsp3) is 0.381. The molecule has 0 amide bonds. The highest BCUT2D eigenvalue weighted by molar-refractivity contribution is 6.60. The van der Waals surface area contributed by atoms with Crippen LogP contribution >= 0.6 is 0 Å². The Balaban J connectivity index is 1.69. The summed E-state index contributed by atoms with van der Waals surface area (Å²) in [6.07, 6.45) is 2.38. The summed E-state index contributed by atoms with van der Waals surface area (Å²) >= 11 is 0. The largest absolute Gasteiger partial charge is 0.508 e. The average molecular weight is 421 g/mol. The Hall–Kier alpha value is -2.39. The van der Waals surface area contributed by atoms with E-state index in [1.165, 1.54) is 24.3 Å². The van der Waals surface area contributed by atoms with Crippen molar-refractivity contribution in [3.8, 4) is 11.5 Å². The van der Waals surface area contributed by atoms with Crippen LogP contribution in [0.2, 0.25) is 6.04 Å². The second-order valence-electron chi connectivity index (χ2n) is 6.54. The molecule has 0 radical (unpaired) electrons. The Morgan fingerprint density at radius 3 is 2.03 bits per heavy atom. The Labute approximate surface area is 172 Å². The van der Waals surface area contributed by atoms with Crippen molar-refractivity contribution in [3.63, 3.8) is 0 Å². The van der Waals surface area contributed by atoms with E-state index in [1.807, 2.05) is 0 Å². The van der Waals surface area contributed by atoms with Crippen molar-refractivity contribution in [3.05, 3.63) is 59.7 Å². The molecule has 0 aromatic heterocycles. The van der Waals surface area contributed by atoms with Crippen molar-refractivity contribution >= 4 is 14.8 Å². The number of rotatable bonds is 12. The van der Waals surface area contributed by atoms with Crippen molar-refractivity contribution in [2.75, 3.05) is 20.8 Å². The molecule has 2 N–H and O–H groups in total. The first kappa shape index (κ1) is 22.9. The zero-order valence-electron chi connectivity index (χ0n) is 16.8. The summed E-state index contributed by atoms with van der Waals surface area (Å²) < 4.78 is 22.4. The van der Waals surface area contributed by atoms with Gasteiger partial charge in [-0.05, 0) is 54.8 Å². The average Bonchev–Trinajstić information content (AvgIpc) is 2.74. The van der Waals surface area contributed by atoms with Gasteiger partial charge in [-0.2, -0.15) is 0 Å². The van der Waals surface area contributed by atoms with Crippen LogP contribution in [0.25, 0.3) is 0 Å². The van der Waals surface area contributed by atoms with Gasteiger partial charge >= 0.3 is 14.8 Å². The molecule has 0 spiro atoms. The summed E-state index contributed by atoms with van der Waals surface area (Å²) in [5.74, 6) is -0.0836. The van der Waals surface area contributed by atoms with Crippen LogP contribution in [-0.2, 0) is 24.6 Å². The lowest BCUT2D eigenvalue weighted by Gasteiger charge is -2.26. The summed E-state index contributed by atoms with van der Waals surface area (Å²) in [6, 6.07) is 13.4. The molecule has 0 saturated heterocycles. The lowest BCUT2D eigenvalue weighted by atomic mass is 10.2. The Bertz CT molecular complexity index is 743. The van der Waals surface area contributed by atoms with Crippen LogP contribution in [0.1, 0.15) is 35.2 Å². The van der Waals surface area contributed by atoms with E-state index in [2.05, 4.69) is 0 Å². The number of aromatic hydroxyl groups is 2. The third-order valence-corrected chi connectivity index (χ3v) is 7.27. The van der Waals surface area contributed by atoms with E-state index in [0.29, 0.717) is 24.8 Å². The number of esters is 1. The monoisotopic (exact) mass is 420 g/mol. The Morgan fingerprint density at radius 1 is 0.862 bits per heavy atom. The fourth-order valence-corrected chi connectivity index (χ4v) is 4.75. The summed E-state index contributed by atoms with van der Waals surface area (Å²) in [7, 11) is 0.405. The van der Waals surface area contributed by atoms with Gasteiger partial charge in [-0.25, -0.2) is 4.79 Å². The van der Waals surface area contributed by atoms with E-state index in [9.17, 15) is 15.0 Å². The second-order valence-corrected chi connectivity index (χ2v) is 9.51. The van der Waals surface area contributed by atoms with E-state index in [0.717, 1.165) is 24.8 Å². The molecule has 2 rings (SSSR count). The first-order valence-electron chi connectivity index (χ1n) is 9.46. The molecule has 7 nitrogen and oxygen atoms in total. The first-order chi connectivity index (χ1) is 14.0.